The van der Waals surface area contributed by atoms with Gasteiger partial charge in [0.1, 0.15) is 5.75 Å². The zero-order valence-corrected chi connectivity index (χ0v) is 22.2. The van der Waals surface area contributed by atoms with E-state index in [1.54, 1.807) is 0 Å². The van der Waals surface area contributed by atoms with Crippen LogP contribution in [-0.4, -0.2) is 17.6 Å². The summed E-state index contributed by atoms with van der Waals surface area (Å²) in [6.07, 6.45) is 1.34. The summed E-state index contributed by atoms with van der Waals surface area (Å²) in [5, 5.41) is 1.23. The van der Waals surface area contributed by atoms with Gasteiger partial charge in [0.2, 0.25) is 6.10 Å². The fourth-order valence-corrected chi connectivity index (χ4v) is 5.00. The third-order valence-corrected chi connectivity index (χ3v) is 7.14. The first kappa shape index (κ1) is 25.2. The molecule has 0 amide bonds. The van der Waals surface area contributed by atoms with E-state index in [0.717, 1.165) is 23.2 Å². The van der Waals surface area contributed by atoms with Gasteiger partial charge in [-0.3, -0.25) is 0 Å². The number of fused-ring (bicyclic) bond motifs is 1. The molecule has 0 aliphatic carbocycles. The van der Waals surface area contributed by atoms with Crippen molar-refractivity contribution in [2.45, 2.75) is 12.6 Å². The van der Waals surface area contributed by atoms with Crippen molar-refractivity contribution >= 4 is 16.9 Å². The molecule has 0 fully saturated rings. The predicted octanol–water partition coefficient (Wildman–Crippen LogP) is 8.32. The van der Waals surface area contributed by atoms with Crippen molar-refractivity contribution in [1.29, 1.82) is 0 Å². The predicted molar refractivity (Wildman–Crippen MR) is 160 cm³/mol. The number of benzene rings is 5. The van der Waals surface area contributed by atoms with Crippen molar-refractivity contribution < 1.29 is 14.3 Å². The molecule has 0 radical (unpaired) electrons. The van der Waals surface area contributed by atoms with Gasteiger partial charge in [0, 0.05) is 29.2 Å². The lowest BCUT2D eigenvalue weighted by molar-refractivity contribution is -0.149. The summed E-state index contributed by atoms with van der Waals surface area (Å²) in [6.45, 7) is 0.859. The molecule has 6 rings (SSSR count). The second-order valence-electron chi connectivity index (χ2n) is 9.74. The van der Waals surface area contributed by atoms with E-state index in [4.69, 9.17) is 9.47 Å². The highest BCUT2D eigenvalue weighted by atomic mass is 16.6. The lowest BCUT2D eigenvalue weighted by Crippen LogP contribution is -2.20. The summed E-state index contributed by atoms with van der Waals surface area (Å²) in [7, 11) is 1.37. The van der Waals surface area contributed by atoms with E-state index in [2.05, 4.69) is 83.6 Å². The molecule has 196 valence electrons. The average molecular weight is 524 g/mol. The molecule has 0 saturated heterocycles. The smallest absolute Gasteiger partial charge is 0.351 e. The van der Waals surface area contributed by atoms with E-state index in [-0.39, 0.29) is 0 Å². The Kier molecular flexibility index (Phi) is 7.14. The van der Waals surface area contributed by atoms with Crippen LogP contribution in [0.1, 0.15) is 17.2 Å². The maximum atomic E-state index is 12.4. The van der Waals surface area contributed by atoms with Crippen molar-refractivity contribution in [2.75, 3.05) is 7.11 Å². The maximum Gasteiger partial charge on any atom is 0.351 e. The quantitative estimate of drug-likeness (QED) is 0.188. The molecule has 0 spiro atoms. The molecule has 6 aromatic rings. The fraction of sp³-hybridized carbons (Fsp3) is 0.0833. The van der Waals surface area contributed by atoms with E-state index in [1.807, 2.05) is 60.7 Å². The highest BCUT2D eigenvalue weighted by Gasteiger charge is 2.23. The molecular formula is C36H29NO3. The number of methoxy groups -OCH3 is 1. The lowest BCUT2D eigenvalue weighted by atomic mass is 9.99. The Morgan fingerprint density at radius 2 is 1.25 bits per heavy atom. The van der Waals surface area contributed by atoms with Crippen LogP contribution >= 0.6 is 0 Å². The molecule has 1 heterocycles. The third-order valence-electron chi connectivity index (χ3n) is 7.14. The van der Waals surface area contributed by atoms with Gasteiger partial charge in [-0.05, 0) is 58.1 Å². The van der Waals surface area contributed by atoms with Gasteiger partial charge in [-0.15, -0.1) is 0 Å². The van der Waals surface area contributed by atoms with Gasteiger partial charge in [0.15, 0.2) is 0 Å². The van der Waals surface area contributed by atoms with Crippen molar-refractivity contribution in [3.63, 3.8) is 0 Å². The molecule has 1 atom stereocenters. The van der Waals surface area contributed by atoms with Crippen molar-refractivity contribution in [2.24, 2.45) is 0 Å². The van der Waals surface area contributed by atoms with Crippen LogP contribution in [0.5, 0.6) is 5.75 Å². The number of rotatable bonds is 8. The lowest BCUT2D eigenvalue weighted by Gasteiger charge is -2.17. The van der Waals surface area contributed by atoms with Crippen molar-refractivity contribution in [1.82, 2.24) is 4.57 Å². The summed E-state index contributed by atoms with van der Waals surface area (Å²) in [4.78, 5) is 12.4. The Labute approximate surface area is 234 Å². The fourth-order valence-electron chi connectivity index (χ4n) is 5.00. The number of esters is 1. The summed E-state index contributed by atoms with van der Waals surface area (Å²) >= 11 is 0. The maximum absolute atomic E-state index is 12.4. The normalized spacial score (nSPS) is 11.7. The highest BCUT2D eigenvalue weighted by molar-refractivity contribution is 5.86. The van der Waals surface area contributed by atoms with Gasteiger partial charge in [-0.2, -0.15) is 0 Å². The Morgan fingerprint density at radius 3 is 1.90 bits per heavy atom. The summed E-state index contributed by atoms with van der Waals surface area (Å²) in [5.41, 5.74) is 7.81. The molecule has 0 N–H and O–H groups in total. The first-order valence-electron chi connectivity index (χ1n) is 13.3. The minimum atomic E-state index is -0.816. The summed E-state index contributed by atoms with van der Waals surface area (Å²) < 4.78 is 13.3. The number of aromatic nitrogens is 1. The molecule has 0 aliphatic heterocycles. The molecule has 0 aliphatic rings. The van der Waals surface area contributed by atoms with Crippen LogP contribution < -0.4 is 4.74 Å². The molecule has 4 heteroatoms. The second kappa shape index (κ2) is 11.3. The van der Waals surface area contributed by atoms with Crippen LogP contribution in [-0.2, 0) is 16.1 Å². The molecule has 4 nitrogen and oxygen atoms in total. The van der Waals surface area contributed by atoms with Gasteiger partial charge in [0.05, 0.1) is 7.11 Å². The van der Waals surface area contributed by atoms with Crippen LogP contribution in [0.15, 0.2) is 140 Å². The topological polar surface area (TPSA) is 40.5 Å². The van der Waals surface area contributed by atoms with Gasteiger partial charge < -0.3 is 14.0 Å². The Bertz CT molecular complexity index is 1720. The van der Waals surface area contributed by atoms with E-state index in [9.17, 15) is 4.79 Å². The van der Waals surface area contributed by atoms with Crippen LogP contribution in [0.3, 0.4) is 0 Å². The van der Waals surface area contributed by atoms with Gasteiger partial charge >= 0.3 is 5.97 Å². The van der Waals surface area contributed by atoms with Crippen LogP contribution in [0, 0.1) is 0 Å². The van der Waals surface area contributed by atoms with Crippen LogP contribution in [0.2, 0.25) is 0 Å². The SMILES string of the molecule is COC(=O)C(Oc1ccc(-c2ccc(-c3ccc4c(ccn4Cc4ccccc4)c3)cc2)cc1)c1ccccc1. The number of carbonyl (C=O) groups is 1. The number of ether oxygens (including phenoxy) is 2. The summed E-state index contributed by atoms with van der Waals surface area (Å²) in [6, 6.07) is 45.1. The molecular weight excluding hydrogens is 494 g/mol. The molecule has 0 saturated carbocycles. The van der Waals surface area contributed by atoms with Crippen LogP contribution in [0.25, 0.3) is 33.2 Å². The molecule has 40 heavy (non-hydrogen) atoms. The first-order valence-corrected chi connectivity index (χ1v) is 13.3. The standard InChI is InChI=1S/C36H29NO3/c1-39-36(38)35(30-10-6-3-7-11-30)40-33-19-16-28(17-20-33)27-12-14-29(15-13-27)31-18-21-34-32(24-31)22-23-37(34)25-26-8-4-2-5-9-26/h2-24,35H,25H2,1H3. The van der Waals surface area contributed by atoms with Gasteiger partial charge in [-0.25, -0.2) is 4.79 Å². The van der Waals surface area contributed by atoms with E-state index >= 15 is 0 Å². The zero-order chi connectivity index (χ0) is 27.3. The summed E-state index contributed by atoms with van der Waals surface area (Å²) in [5.74, 6) is 0.170. The van der Waals surface area contributed by atoms with E-state index in [0.29, 0.717) is 5.75 Å². The Hall–Kier alpha value is -5.09. The zero-order valence-electron chi connectivity index (χ0n) is 22.2. The number of hydrogen-bond acceptors (Lipinski definition) is 3. The van der Waals surface area contributed by atoms with E-state index in [1.165, 1.54) is 34.7 Å². The Balaban J connectivity index is 1.17. The van der Waals surface area contributed by atoms with E-state index < -0.39 is 12.1 Å². The highest BCUT2D eigenvalue weighted by Crippen LogP contribution is 2.30. The minimum absolute atomic E-state index is 0.434. The average Bonchev–Trinajstić information content (AvgIpc) is 3.42. The number of nitrogens with zero attached hydrogens (tertiary/aromatic N) is 1. The van der Waals surface area contributed by atoms with Crippen LogP contribution in [0.4, 0.5) is 0 Å². The monoisotopic (exact) mass is 523 g/mol. The third kappa shape index (κ3) is 5.38. The number of carbonyl (C=O) groups excluding carboxylic acids is 1. The van der Waals surface area contributed by atoms with Gasteiger partial charge in [0.25, 0.3) is 0 Å². The molecule has 1 unspecified atom stereocenters. The van der Waals surface area contributed by atoms with Crippen molar-refractivity contribution in [3.8, 4) is 28.0 Å². The van der Waals surface area contributed by atoms with Gasteiger partial charge in [-0.1, -0.05) is 103 Å². The Morgan fingerprint density at radius 1 is 0.675 bits per heavy atom. The second-order valence-corrected chi connectivity index (χ2v) is 9.74. The number of hydrogen-bond donors (Lipinski definition) is 0. The van der Waals surface area contributed by atoms with Crippen molar-refractivity contribution in [3.05, 3.63) is 151 Å². The minimum Gasteiger partial charge on any atom is -0.474 e. The largest absolute Gasteiger partial charge is 0.474 e. The first-order chi connectivity index (χ1) is 19.7. The molecule has 1 aromatic heterocycles. The molecule has 5 aromatic carbocycles. The molecule has 0 bridgehead atoms.